The molecule has 10 heteroatoms. The molecule has 7 nitrogen and oxygen atoms in total. The normalized spacial score (nSPS) is 10.3. The Bertz CT molecular complexity index is 773. The van der Waals surface area contributed by atoms with Crippen molar-refractivity contribution in [2.75, 3.05) is 0 Å². The summed E-state index contributed by atoms with van der Waals surface area (Å²) in [6.07, 6.45) is 0. The van der Waals surface area contributed by atoms with Crippen molar-refractivity contribution in [3.05, 3.63) is 35.9 Å². The standard InChI is InChI=1S/C11H8O7S.2Na/c12-10-7-4-2-1-3-6(7)9(18-19(15,16)17)5-8(10)11(13)14;;/h1-5,12H,(H,13,14)(H,15,16,17);;/q;2*+1/p-2. The Hall–Kier alpha value is -0.320. The van der Waals surface area contributed by atoms with Gasteiger partial charge in [0.1, 0.15) is 0 Å². The number of hydrogen-bond donors (Lipinski definition) is 1. The van der Waals surface area contributed by atoms with Gasteiger partial charge in [0.05, 0.1) is 5.97 Å². The van der Waals surface area contributed by atoms with Crippen LogP contribution < -0.4 is 73.5 Å². The van der Waals surface area contributed by atoms with Gasteiger partial charge in [0.2, 0.25) is 0 Å². The molecule has 0 aromatic heterocycles. The maximum Gasteiger partial charge on any atom is 1.00 e. The predicted molar refractivity (Wildman–Crippen MR) is 59.9 cm³/mol. The van der Waals surface area contributed by atoms with Crippen LogP contribution in [0.4, 0.5) is 0 Å². The molecule has 2 aromatic rings. The Morgan fingerprint density at radius 1 is 1.14 bits per heavy atom. The molecule has 1 N–H and O–H groups in total. The van der Waals surface area contributed by atoms with Crippen molar-refractivity contribution in [1.82, 2.24) is 0 Å². The van der Waals surface area contributed by atoms with Crippen LogP contribution in [-0.2, 0) is 10.4 Å². The molecule has 2 rings (SSSR count). The van der Waals surface area contributed by atoms with Crippen LogP contribution in [-0.4, -0.2) is 18.9 Å². The van der Waals surface area contributed by atoms with Gasteiger partial charge in [0.15, 0.2) is 5.75 Å². The van der Waals surface area contributed by atoms with E-state index in [1.807, 2.05) is 0 Å². The zero-order valence-corrected chi connectivity index (χ0v) is 16.0. The molecule has 0 amide bonds. The first-order valence-electron chi connectivity index (χ1n) is 4.90. The molecule has 0 heterocycles. The van der Waals surface area contributed by atoms with Crippen LogP contribution in [0.3, 0.4) is 0 Å². The quantitative estimate of drug-likeness (QED) is 0.438. The Kier molecular flexibility index (Phi) is 7.68. The van der Waals surface area contributed by atoms with Crippen LogP contribution in [0.2, 0.25) is 0 Å². The number of fused-ring (bicyclic) bond motifs is 1. The van der Waals surface area contributed by atoms with Gasteiger partial charge in [0, 0.05) is 5.39 Å². The van der Waals surface area contributed by atoms with Gasteiger partial charge in [-0.3, -0.25) is 4.55 Å². The van der Waals surface area contributed by atoms with E-state index in [1.54, 1.807) is 0 Å². The first-order valence-corrected chi connectivity index (χ1v) is 6.27. The Morgan fingerprint density at radius 3 is 2.14 bits per heavy atom. The monoisotopic (exact) mass is 328 g/mol. The molecule has 0 saturated carbocycles. The number of carbonyl (C=O) groups excluding carboxylic acids is 1. The van der Waals surface area contributed by atoms with Gasteiger partial charge in [-0.2, -0.15) is 8.42 Å². The number of hydrogen-bond acceptors (Lipinski definition) is 6. The number of benzene rings is 2. The van der Waals surface area contributed by atoms with Gasteiger partial charge in [-0.1, -0.05) is 30.0 Å². The largest absolute Gasteiger partial charge is 1.00 e. The fourth-order valence-electron chi connectivity index (χ4n) is 1.65. The van der Waals surface area contributed by atoms with E-state index >= 15 is 0 Å². The first kappa shape index (κ1) is 20.7. The zero-order valence-electron chi connectivity index (χ0n) is 11.2. The molecular weight excluding hydrogens is 322 g/mol. The molecule has 0 bridgehead atoms. The molecule has 0 aliphatic carbocycles. The molecule has 0 atom stereocenters. The number of carboxylic acid groups (broad SMARTS) is 1. The van der Waals surface area contributed by atoms with Crippen molar-refractivity contribution in [2.24, 2.45) is 0 Å². The van der Waals surface area contributed by atoms with Gasteiger partial charge < -0.3 is 19.2 Å². The molecule has 0 aliphatic heterocycles. The van der Waals surface area contributed by atoms with Gasteiger partial charge in [-0.15, -0.1) is 0 Å². The summed E-state index contributed by atoms with van der Waals surface area (Å²) >= 11 is 0. The van der Waals surface area contributed by atoms with Gasteiger partial charge in [-0.25, -0.2) is 0 Å². The van der Waals surface area contributed by atoms with Crippen molar-refractivity contribution in [3.63, 3.8) is 0 Å². The fraction of sp³-hybridized carbons (Fsp3) is 0. The van der Waals surface area contributed by atoms with Crippen molar-refractivity contribution in [3.8, 4) is 11.5 Å². The Labute approximate surface area is 164 Å². The number of rotatable bonds is 3. The smallest absolute Gasteiger partial charge is 0.872 e. The van der Waals surface area contributed by atoms with Crippen molar-refractivity contribution in [1.29, 1.82) is 0 Å². The SMILES string of the molecule is O=C([O-])c1cc(OS(=O)(=O)O)c2ccccc2c1[O-].[Na+].[Na+]. The Balaban J connectivity index is 0.00000200. The van der Waals surface area contributed by atoms with E-state index in [0.29, 0.717) is 6.07 Å². The third-order valence-electron chi connectivity index (χ3n) is 2.37. The third-order valence-corrected chi connectivity index (χ3v) is 2.76. The maximum absolute atomic E-state index is 11.8. The molecule has 2 aromatic carbocycles. The van der Waals surface area contributed by atoms with E-state index in [1.165, 1.54) is 24.3 Å². The van der Waals surface area contributed by atoms with Gasteiger partial charge >= 0.3 is 69.5 Å². The molecule has 0 saturated heterocycles. The molecule has 0 radical (unpaired) electrons. The summed E-state index contributed by atoms with van der Waals surface area (Å²) < 4.78 is 34.3. The molecule has 21 heavy (non-hydrogen) atoms. The average molecular weight is 328 g/mol. The minimum Gasteiger partial charge on any atom is -0.872 e. The summed E-state index contributed by atoms with van der Waals surface area (Å²) in [6, 6.07) is 6.34. The van der Waals surface area contributed by atoms with Gasteiger partial charge in [-0.05, 0) is 17.0 Å². The second kappa shape index (κ2) is 7.80. The summed E-state index contributed by atoms with van der Waals surface area (Å²) in [5, 5.41) is 22.6. The predicted octanol–water partition coefficient (Wildman–Crippen LogP) is -6.53. The minimum atomic E-state index is -4.84. The summed E-state index contributed by atoms with van der Waals surface area (Å²) in [7, 11) is -4.84. The molecule has 0 unspecified atom stereocenters. The van der Waals surface area contributed by atoms with Crippen LogP contribution in [0.5, 0.6) is 11.5 Å². The molecule has 0 fully saturated rings. The topological polar surface area (TPSA) is 127 Å². The molecule has 100 valence electrons. The van der Waals surface area contributed by atoms with Crippen LogP contribution in [0, 0.1) is 0 Å². The average Bonchev–Trinajstić information content (AvgIpc) is 2.31. The molecule has 0 aliphatic rings. The summed E-state index contributed by atoms with van der Waals surface area (Å²) in [5.74, 6) is -3.05. The Morgan fingerprint density at radius 2 is 1.67 bits per heavy atom. The van der Waals surface area contributed by atoms with Crippen molar-refractivity contribution in [2.45, 2.75) is 0 Å². The zero-order chi connectivity index (χ0) is 14.2. The van der Waals surface area contributed by atoms with Crippen molar-refractivity contribution < 1.29 is 91.3 Å². The number of carbonyl (C=O) groups is 1. The summed E-state index contributed by atoms with van der Waals surface area (Å²) in [6.45, 7) is 0. The van der Waals surface area contributed by atoms with Crippen LogP contribution in [0.25, 0.3) is 10.8 Å². The van der Waals surface area contributed by atoms with Crippen LogP contribution in [0.1, 0.15) is 10.4 Å². The second-order valence-electron chi connectivity index (χ2n) is 3.60. The van der Waals surface area contributed by atoms with E-state index < -0.39 is 33.4 Å². The molecule has 0 spiro atoms. The van der Waals surface area contributed by atoms with E-state index in [9.17, 15) is 23.4 Å². The third kappa shape index (κ3) is 4.83. The van der Waals surface area contributed by atoms with Crippen LogP contribution >= 0.6 is 0 Å². The second-order valence-corrected chi connectivity index (χ2v) is 4.62. The number of carboxylic acids is 1. The van der Waals surface area contributed by atoms with Crippen LogP contribution in [0.15, 0.2) is 30.3 Å². The summed E-state index contributed by atoms with van der Waals surface area (Å²) in [4.78, 5) is 10.8. The maximum atomic E-state index is 11.8. The minimum absolute atomic E-state index is 0. The van der Waals surface area contributed by atoms with E-state index in [0.717, 1.165) is 0 Å². The van der Waals surface area contributed by atoms with E-state index in [4.69, 9.17) is 4.55 Å². The van der Waals surface area contributed by atoms with Gasteiger partial charge in [0.25, 0.3) is 0 Å². The van der Waals surface area contributed by atoms with E-state index in [2.05, 4.69) is 4.18 Å². The first-order chi connectivity index (χ1) is 8.79. The number of aromatic carboxylic acids is 1. The fourth-order valence-corrected chi connectivity index (χ4v) is 2.01. The summed E-state index contributed by atoms with van der Waals surface area (Å²) in [5.41, 5.74) is -0.752. The van der Waals surface area contributed by atoms with Crippen molar-refractivity contribution >= 4 is 27.1 Å². The molecular formula is C11H6Na2O7S. The van der Waals surface area contributed by atoms with E-state index in [-0.39, 0.29) is 69.9 Å².